The summed E-state index contributed by atoms with van der Waals surface area (Å²) >= 11 is 0. The van der Waals surface area contributed by atoms with Crippen LogP contribution in [0.25, 0.3) is 11.1 Å². The van der Waals surface area contributed by atoms with Crippen molar-refractivity contribution in [1.29, 1.82) is 0 Å². The van der Waals surface area contributed by atoms with Gasteiger partial charge in [-0.3, -0.25) is 0 Å². The molecule has 1 unspecified atom stereocenters. The Labute approximate surface area is 193 Å². The van der Waals surface area contributed by atoms with Gasteiger partial charge < -0.3 is 14.8 Å². The summed E-state index contributed by atoms with van der Waals surface area (Å²) in [6, 6.07) is 22.2. The van der Waals surface area contributed by atoms with Crippen LogP contribution in [0.1, 0.15) is 31.9 Å². The number of carbonyl (C=O) groups excluding carboxylic acids is 2. The summed E-state index contributed by atoms with van der Waals surface area (Å²) in [6.07, 6.45) is -0.455. The van der Waals surface area contributed by atoms with Crippen molar-refractivity contribution in [3.63, 3.8) is 0 Å². The zero-order valence-corrected chi connectivity index (χ0v) is 19.0. The van der Waals surface area contributed by atoms with Gasteiger partial charge in [0.1, 0.15) is 24.1 Å². The summed E-state index contributed by atoms with van der Waals surface area (Å²) in [4.78, 5) is 25.1. The molecule has 0 bridgehead atoms. The fraction of sp³-hybridized carbons (Fsp3) is 0.259. The molecule has 6 heteroatoms. The first-order valence-electron chi connectivity index (χ1n) is 10.7. The minimum absolute atomic E-state index is 0.107. The van der Waals surface area contributed by atoms with Crippen molar-refractivity contribution in [2.24, 2.45) is 0 Å². The molecule has 0 heterocycles. The summed E-state index contributed by atoms with van der Waals surface area (Å²) < 4.78 is 23.9. The van der Waals surface area contributed by atoms with Crippen LogP contribution >= 0.6 is 0 Å². The van der Waals surface area contributed by atoms with Gasteiger partial charge in [-0.05, 0) is 55.2 Å². The van der Waals surface area contributed by atoms with Crippen LogP contribution in [0.5, 0.6) is 0 Å². The van der Waals surface area contributed by atoms with Gasteiger partial charge in [-0.25, -0.2) is 14.0 Å². The van der Waals surface area contributed by atoms with E-state index in [9.17, 15) is 14.0 Å². The van der Waals surface area contributed by atoms with Crippen LogP contribution in [0.4, 0.5) is 9.18 Å². The predicted octanol–water partition coefficient (Wildman–Crippen LogP) is 5.67. The van der Waals surface area contributed by atoms with Crippen LogP contribution in [-0.4, -0.2) is 23.7 Å². The average molecular weight is 450 g/mol. The number of hydrogen-bond donors (Lipinski definition) is 1. The largest absolute Gasteiger partial charge is 0.459 e. The lowest BCUT2D eigenvalue weighted by Gasteiger charge is -2.23. The monoisotopic (exact) mass is 449 g/mol. The smallest absolute Gasteiger partial charge is 0.408 e. The van der Waals surface area contributed by atoms with Crippen molar-refractivity contribution in [1.82, 2.24) is 5.32 Å². The van der Waals surface area contributed by atoms with Gasteiger partial charge in [0, 0.05) is 6.42 Å². The highest BCUT2D eigenvalue weighted by atomic mass is 19.1. The Balaban J connectivity index is 1.71. The third kappa shape index (κ3) is 7.75. The van der Waals surface area contributed by atoms with Gasteiger partial charge in [0.15, 0.2) is 0 Å². The molecule has 3 aromatic rings. The highest BCUT2D eigenvalue weighted by Gasteiger charge is 2.26. The summed E-state index contributed by atoms with van der Waals surface area (Å²) in [6.45, 7) is 5.37. The van der Waals surface area contributed by atoms with E-state index >= 15 is 0 Å². The average Bonchev–Trinajstić information content (AvgIpc) is 2.77. The Morgan fingerprint density at radius 3 is 2.00 bits per heavy atom. The standard InChI is InChI=1S/C27H28FNO4/c1-27(2,3)33-26(31)29-24(25(30)32-18-20-7-5-4-6-8-20)17-19-9-11-21(12-10-19)22-13-15-23(28)16-14-22/h4-16,24H,17-18H2,1-3H3,(H,29,31). The number of benzene rings is 3. The summed E-state index contributed by atoms with van der Waals surface area (Å²) in [5.74, 6) is -0.840. The first-order chi connectivity index (χ1) is 15.7. The van der Waals surface area contributed by atoms with E-state index in [1.165, 1.54) is 12.1 Å². The number of ether oxygens (including phenoxy) is 2. The number of hydrogen-bond acceptors (Lipinski definition) is 4. The molecule has 0 saturated carbocycles. The molecule has 3 aromatic carbocycles. The second kappa shape index (κ2) is 10.8. The number of rotatable bonds is 7. The Morgan fingerprint density at radius 2 is 1.42 bits per heavy atom. The van der Waals surface area contributed by atoms with E-state index in [1.807, 2.05) is 54.6 Å². The third-order valence-electron chi connectivity index (χ3n) is 4.77. The molecule has 172 valence electrons. The number of nitrogens with one attached hydrogen (secondary N) is 1. The van der Waals surface area contributed by atoms with Gasteiger partial charge in [0.25, 0.3) is 0 Å². The molecule has 0 fully saturated rings. The molecule has 33 heavy (non-hydrogen) atoms. The molecule has 3 rings (SSSR count). The number of esters is 1. The van der Waals surface area contributed by atoms with Crippen molar-refractivity contribution < 1.29 is 23.5 Å². The molecule has 0 aromatic heterocycles. The number of alkyl carbamates (subject to hydrolysis) is 1. The van der Waals surface area contributed by atoms with E-state index < -0.39 is 23.7 Å². The lowest BCUT2D eigenvalue weighted by molar-refractivity contribution is -0.147. The number of carbonyl (C=O) groups is 2. The number of halogens is 1. The normalized spacial score (nSPS) is 12.0. The second-order valence-corrected chi connectivity index (χ2v) is 8.70. The van der Waals surface area contributed by atoms with E-state index in [2.05, 4.69) is 5.32 Å². The second-order valence-electron chi connectivity index (χ2n) is 8.70. The van der Waals surface area contributed by atoms with Gasteiger partial charge >= 0.3 is 12.1 Å². The highest BCUT2D eigenvalue weighted by molar-refractivity contribution is 5.82. The molecule has 1 atom stereocenters. The van der Waals surface area contributed by atoms with E-state index in [-0.39, 0.29) is 18.8 Å². The fourth-order valence-electron chi connectivity index (χ4n) is 3.18. The molecular formula is C27H28FNO4. The lowest BCUT2D eigenvalue weighted by Crippen LogP contribution is -2.45. The van der Waals surface area contributed by atoms with E-state index in [4.69, 9.17) is 9.47 Å². The van der Waals surface area contributed by atoms with Gasteiger partial charge in [-0.2, -0.15) is 0 Å². The molecule has 0 aliphatic heterocycles. The van der Waals surface area contributed by atoms with E-state index in [0.717, 1.165) is 22.3 Å². The zero-order valence-electron chi connectivity index (χ0n) is 19.0. The highest BCUT2D eigenvalue weighted by Crippen LogP contribution is 2.21. The first-order valence-corrected chi connectivity index (χ1v) is 10.7. The zero-order chi connectivity index (χ0) is 23.8. The van der Waals surface area contributed by atoms with E-state index in [0.29, 0.717) is 0 Å². The lowest BCUT2D eigenvalue weighted by atomic mass is 10.0. The van der Waals surface area contributed by atoms with Crippen LogP contribution in [0.15, 0.2) is 78.9 Å². The van der Waals surface area contributed by atoms with Crippen molar-refractivity contribution >= 4 is 12.1 Å². The van der Waals surface area contributed by atoms with Crippen LogP contribution in [0.2, 0.25) is 0 Å². The molecule has 0 spiro atoms. The summed E-state index contributed by atoms with van der Waals surface area (Å²) in [5.41, 5.74) is 2.79. The Hall–Kier alpha value is -3.67. The molecule has 1 amide bonds. The van der Waals surface area contributed by atoms with Gasteiger partial charge in [-0.15, -0.1) is 0 Å². The third-order valence-corrected chi connectivity index (χ3v) is 4.77. The minimum Gasteiger partial charge on any atom is -0.459 e. The van der Waals surface area contributed by atoms with Crippen molar-refractivity contribution in [3.8, 4) is 11.1 Å². The molecule has 1 N–H and O–H groups in total. The predicted molar refractivity (Wildman–Crippen MR) is 125 cm³/mol. The maximum atomic E-state index is 13.2. The molecule has 0 aliphatic carbocycles. The SMILES string of the molecule is CC(C)(C)OC(=O)NC(Cc1ccc(-c2ccc(F)cc2)cc1)C(=O)OCc1ccccc1. The summed E-state index contributed by atoms with van der Waals surface area (Å²) in [5, 5.41) is 2.63. The molecular weight excluding hydrogens is 421 g/mol. The topological polar surface area (TPSA) is 64.6 Å². The van der Waals surface area contributed by atoms with Crippen molar-refractivity contribution in [2.75, 3.05) is 0 Å². The Bertz CT molecular complexity index is 1060. The van der Waals surface area contributed by atoms with Crippen molar-refractivity contribution in [2.45, 2.75) is 45.4 Å². The van der Waals surface area contributed by atoms with Crippen LogP contribution in [-0.2, 0) is 27.3 Å². The molecule has 0 radical (unpaired) electrons. The Morgan fingerprint density at radius 1 is 0.848 bits per heavy atom. The first kappa shape index (κ1) is 24.0. The van der Waals surface area contributed by atoms with Crippen molar-refractivity contribution in [3.05, 3.63) is 95.8 Å². The maximum Gasteiger partial charge on any atom is 0.408 e. The quantitative estimate of drug-likeness (QED) is 0.472. The molecule has 5 nitrogen and oxygen atoms in total. The van der Waals surface area contributed by atoms with E-state index in [1.54, 1.807) is 32.9 Å². The van der Waals surface area contributed by atoms with Crippen LogP contribution in [0, 0.1) is 5.82 Å². The minimum atomic E-state index is -0.916. The van der Waals surface area contributed by atoms with Gasteiger partial charge in [0.2, 0.25) is 0 Å². The Kier molecular flexibility index (Phi) is 7.83. The number of amides is 1. The summed E-state index contributed by atoms with van der Waals surface area (Å²) in [7, 11) is 0. The van der Waals surface area contributed by atoms with Crippen LogP contribution < -0.4 is 5.32 Å². The molecule has 0 aliphatic rings. The maximum absolute atomic E-state index is 13.2. The molecule has 0 saturated heterocycles. The van der Waals surface area contributed by atoms with Crippen LogP contribution in [0.3, 0.4) is 0 Å². The van der Waals surface area contributed by atoms with Gasteiger partial charge in [0.05, 0.1) is 0 Å². The fourth-order valence-corrected chi connectivity index (χ4v) is 3.18. The van der Waals surface area contributed by atoms with Gasteiger partial charge in [-0.1, -0.05) is 66.7 Å².